The summed E-state index contributed by atoms with van der Waals surface area (Å²) in [7, 11) is 0. The second-order valence-corrected chi connectivity index (χ2v) is 6.28. The topological polar surface area (TPSA) is 63.9 Å². The molecule has 1 atom stereocenters. The molecule has 1 unspecified atom stereocenters. The molecule has 0 aliphatic carbocycles. The van der Waals surface area contributed by atoms with Crippen LogP contribution < -0.4 is 4.90 Å². The molecule has 0 saturated carbocycles. The van der Waals surface area contributed by atoms with Gasteiger partial charge in [-0.1, -0.05) is 0 Å². The van der Waals surface area contributed by atoms with E-state index >= 15 is 0 Å². The summed E-state index contributed by atoms with van der Waals surface area (Å²) in [6, 6.07) is 2.45. The quantitative estimate of drug-likeness (QED) is 0.815. The minimum Gasteiger partial charge on any atom is -0.354 e. The Kier molecular flexibility index (Phi) is 4.15. The molecule has 0 aromatic carbocycles. The molecule has 23 heavy (non-hydrogen) atoms. The van der Waals surface area contributed by atoms with E-state index in [1.165, 1.54) is 19.3 Å². The number of anilines is 1. The number of nitrogens with zero attached hydrogens (tertiary/aromatic N) is 5. The highest BCUT2D eigenvalue weighted by Crippen LogP contribution is 2.25. The number of Topliss-reactive ketones (excluding diaryl/α,β-unsaturated/α-hetero) is 1. The maximum absolute atomic E-state index is 11.6. The average molecular weight is 313 g/mol. The van der Waals surface area contributed by atoms with E-state index in [0.29, 0.717) is 11.6 Å². The molecule has 1 fully saturated rings. The van der Waals surface area contributed by atoms with E-state index in [1.807, 2.05) is 19.9 Å². The fourth-order valence-corrected chi connectivity index (χ4v) is 3.22. The number of aryl methyl sites for hydroxylation is 1. The molecule has 6 nitrogen and oxygen atoms in total. The smallest absolute Gasteiger partial charge is 0.163 e. The number of piperidine rings is 1. The van der Waals surface area contributed by atoms with Gasteiger partial charge in [0.2, 0.25) is 0 Å². The van der Waals surface area contributed by atoms with Gasteiger partial charge in [0.05, 0.1) is 17.5 Å². The molecule has 6 heteroatoms. The van der Waals surface area contributed by atoms with Crippen molar-refractivity contribution in [1.29, 1.82) is 0 Å². The first-order chi connectivity index (χ1) is 11.0. The zero-order valence-corrected chi connectivity index (χ0v) is 14.2. The zero-order chi connectivity index (χ0) is 16.6. The van der Waals surface area contributed by atoms with E-state index < -0.39 is 0 Å². The van der Waals surface area contributed by atoms with E-state index in [-0.39, 0.29) is 5.78 Å². The molecule has 0 spiro atoms. The molecular formula is C17H23N5O. The molecule has 1 aliphatic heterocycles. The van der Waals surface area contributed by atoms with Gasteiger partial charge in [0.1, 0.15) is 11.6 Å². The van der Waals surface area contributed by atoms with Crippen LogP contribution in [0.15, 0.2) is 12.3 Å². The average Bonchev–Trinajstić information content (AvgIpc) is 2.89. The molecule has 2 aromatic rings. The summed E-state index contributed by atoms with van der Waals surface area (Å²) in [5.74, 6) is 2.40. The van der Waals surface area contributed by atoms with Gasteiger partial charge in [-0.2, -0.15) is 5.10 Å². The van der Waals surface area contributed by atoms with Gasteiger partial charge < -0.3 is 4.90 Å². The van der Waals surface area contributed by atoms with Crippen molar-refractivity contribution in [3.63, 3.8) is 0 Å². The largest absolute Gasteiger partial charge is 0.354 e. The van der Waals surface area contributed by atoms with Crippen molar-refractivity contribution in [3.05, 3.63) is 29.3 Å². The van der Waals surface area contributed by atoms with Crippen molar-refractivity contribution in [2.75, 3.05) is 11.4 Å². The first-order valence-corrected chi connectivity index (χ1v) is 8.15. The summed E-state index contributed by atoms with van der Waals surface area (Å²) in [4.78, 5) is 23.1. The van der Waals surface area contributed by atoms with Crippen LogP contribution in [0.25, 0.3) is 5.82 Å². The summed E-state index contributed by atoms with van der Waals surface area (Å²) in [5, 5.41) is 4.34. The van der Waals surface area contributed by atoms with Crippen LogP contribution in [0.1, 0.15) is 55.0 Å². The Bertz CT molecular complexity index is 737. The molecule has 122 valence electrons. The van der Waals surface area contributed by atoms with Crippen LogP contribution in [0, 0.1) is 13.8 Å². The number of aromatic nitrogens is 4. The highest BCUT2D eigenvalue weighted by Gasteiger charge is 2.21. The van der Waals surface area contributed by atoms with Crippen LogP contribution in [0.2, 0.25) is 0 Å². The first-order valence-electron chi connectivity index (χ1n) is 8.15. The first kappa shape index (κ1) is 15.6. The van der Waals surface area contributed by atoms with Crippen LogP contribution in [-0.4, -0.2) is 38.1 Å². The molecule has 1 saturated heterocycles. The molecule has 0 N–H and O–H groups in total. The van der Waals surface area contributed by atoms with Gasteiger partial charge >= 0.3 is 0 Å². The van der Waals surface area contributed by atoms with Crippen molar-refractivity contribution in [3.8, 4) is 5.82 Å². The minimum absolute atomic E-state index is 0.0180. The number of hydrogen-bond acceptors (Lipinski definition) is 5. The third kappa shape index (κ3) is 2.98. The van der Waals surface area contributed by atoms with Gasteiger partial charge in [0.25, 0.3) is 0 Å². The molecule has 0 amide bonds. The van der Waals surface area contributed by atoms with Crippen LogP contribution in [0.5, 0.6) is 0 Å². The standard InChI is InChI=1S/C17H23N5O/c1-11-7-5-6-8-21(11)16-9-17(20-14(4)19-16)22-12(2)15(10-18-22)13(3)23/h9-11H,5-8H2,1-4H3. The van der Waals surface area contributed by atoms with E-state index in [9.17, 15) is 4.79 Å². The lowest BCUT2D eigenvalue weighted by atomic mass is 10.0. The third-order valence-electron chi connectivity index (χ3n) is 4.51. The lowest BCUT2D eigenvalue weighted by Gasteiger charge is -2.34. The summed E-state index contributed by atoms with van der Waals surface area (Å²) in [5.41, 5.74) is 1.45. The Labute approximate surface area is 136 Å². The minimum atomic E-state index is 0.0180. The highest BCUT2D eigenvalue weighted by molar-refractivity contribution is 5.95. The van der Waals surface area contributed by atoms with Gasteiger partial charge in [-0.05, 0) is 47.0 Å². The molecule has 1 aliphatic rings. The third-order valence-corrected chi connectivity index (χ3v) is 4.51. The SMILES string of the molecule is CC(=O)c1cnn(-c2cc(N3CCCCC3C)nc(C)n2)c1C. The normalized spacial score (nSPS) is 18.3. The molecule has 3 rings (SSSR count). The maximum atomic E-state index is 11.6. The number of hydrogen-bond donors (Lipinski definition) is 0. The number of rotatable bonds is 3. The summed E-state index contributed by atoms with van der Waals surface area (Å²) in [6.07, 6.45) is 5.26. The van der Waals surface area contributed by atoms with Crippen LogP contribution in [0.4, 0.5) is 5.82 Å². The Morgan fingerprint density at radius 1 is 1.22 bits per heavy atom. The van der Waals surface area contributed by atoms with Crippen LogP contribution in [-0.2, 0) is 0 Å². The number of carbonyl (C=O) groups excluding carboxylic acids is 1. The number of carbonyl (C=O) groups is 1. The molecule has 2 aromatic heterocycles. The lowest BCUT2D eigenvalue weighted by molar-refractivity contribution is 0.101. The van der Waals surface area contributed by atoms with Gasteiger partial charge in [0.15, 0.2) is 11.6 Å². The monoisotopic (exact) mass is 313 g/mol. The van der Waals surface area contributed by atoms with Crippen molar-refractivity contribution in [2.45, 2.75) is 53.0 Å². The summed E-state index contributed by atoms with van der Waals surface area (Å²) in [6.45, 7) is 8.61. The summed E-state index contributed by atoms with van der Waals surface area (Å²) < 4.78 is 1.73. The van der Waals surface area contributed by atoms with Gasteiger partial charge in [-0.15, -0.1) is 0 Å². The van der Waals surface area contributed by atoms with Crippen molar-refractivity contribution in [2.24, 2.45) is 0 Å². The Morgan fingerprint density at radius 2 is 1.96 bits per heavy atom. The highest BCUT2D eigenvalue weighted by atomic mass is 16.1. The lowest BCUT2D eigenvalue weighted by Crippen LogP contribution is -2.38. The Hall–Kier alpha value is -2.24. The van der Waals surface area contributed by atoms with E-state index in [4.69, 9.17) is 0 Å². The Morgan fingerprint density at radius 3 is 2.61 bits per heavy atom. The molecular weight excluding hydrogens is 290 g/mol. The van der Waals surface area contributed by atoms with Crippen molar-refractivity contribution < 1.29 is 4.79 Å². The predicted octanol–water partition coefficient (Wildman–Crippen LogP) is 2.86. The molecule has 3 heterocycles. The molecule has 0 bridgehead atoms. The Balaban J connectivity index is 2.02. The van der Waals surface area contributed by atoms with E-state index in [2.05, 4.69) is 26.9 Å². The van der Waals surface area contributed by atoms with E-state index in [0.717, 1.165) is 29.7 Å². The number of ketones is 1. The summed E-state index contributed by atoms with van der Waals surface area (Å²) >= 11 is 0. The second kappa shape index (κ2) is 6.10. The zero-order valence-electron chi connectivity index (χ0n) is 14.2. The van der Waals surface area contributed by atoms with E-state index in [1.54, 1.807) is 17.8 Å². The molecule has 0 radical (unpaired) electrons. The van der Waals surface area contributed by atoms with Crippen molar-refractivity contribution >= 4 is 11.6 Å². The van der Waals surface area contributed by atoms with Gasteiger partial charge in [-0.3, -0.25) is 4.79 Å². The fourth-order valence-electron chi connectivity index (χ4n) is 3.22. The maximum Gasteiger partial charge on any atom is 0.163 e. The van der Waals surface area contributed by atoms with Crippen LogP contribution >= 0.6 is 0 Å². The van der Waals surface area contributed by atoms with Crippen molar-refractivity contribution in [1.82, 2.24) is 19.7 Å². The van der Waals surface area contributed by atoms with Crippen LogP contribution in [0.3, 0.4) is 0 Å². The predicted molar refractivity (Wildman–Crippen MR) is 89.3 cm³/mol. The van der Waals surface area contributed by atoms with Gasteiger partial charge in [0, 0.05) is 18.7 Å². The fraction of sp³-hybridized carbons (Fsp3) is 0.529. The van der Waals surface area contributed by atoms with Gasteiger partial charge in [-0.25, -0.2) is 14.6 Å². The second-order valence-electron chi connectivity index (χ2n) is 6.28.